The fourth-order valence-corrected chi connectivity index (χ4v) is 4.95. The minimum atomic E-state index is -4.29. The van der Waals surface area contributed by atoms with E-state index in [0.717, 1.165) is 15.9 Å². The van der Waals surface area contributed by atoms with Gasteiger partial charge in [0.25, 0.3) is 15.7 Å². The van der Waals surface area contributed by atoms with E-state index in [1.165, 1.54) is 25.1 Å². The third kappa shape index (κ3) is 4.12. The lowest BCUT2D eigenvalue weighted by Gasteiger charge is -2.31. The number of sulfonamides is 1. The van der Waals surface area contributed by atoms with Crippen molar-refractivity contribution in [1.29, 1.82) is 0 Å². The summed E-state index contributed by atoms with van der Waals surface area (Å²) in [5.74, 6) is 0. The molecule has 0 N–H and O–H groups in total. The van der Waals surface area contributed by atoms with Gasteiger partial charge < -0.3 is 0 Å². The number of carbonyl (C=O) groups excluding carboxylic acids is 1. The van der Waals surface area contributed by atoms with Gasteiger partial charge in [-0.2, -0.15) is 0 Å². The normalized spacial score (nSPS) is 12.5. The van der Waals surface area contributed by atoms with Gasteiger partial charge in [-0.3, -0.25) is 19.2 Å². The second kappa shape index (κ2) is 7.66. The van der Waals surface area contributed by atoms with Crippen LogP contribution in [0.1, 0.15) is 23.6 Å². The van der Waals surface area contributed by atoms with Crippen LogP contribution >= 0.6 is 11.6 Å². The van der Waals surface area contributed by atoms with Gasteiger partial charge in [0, 0.05) is 12.1 Å². The fraction of sp³-hybridized carbons (Fsp3) is 0.278. The third-order valence-corrected chi connectivity index (χ3v) is 6.30. The predicted octanol–water partition coefficient (Wildman–Crippen LogP) is 3.87. The van der Waals surface area contributed by atoms with Crippen molar-refractivity contribution >= 4 is 38.2 Å². The van der Waals surface area contributed by atoms with E-state index in [2.05, 4.69) is 0 Å². The molecule has 0 spiro atoms. The van der Waals surface area contributed by atoms with E-state index in [1.807, 2.05) is 6.92 Å². The van der Waals surface area contributed by atoms with Crippen LogP contribution in [-0.2, 0) is 14.8 Å². The highest BCUT2D eigenvalue weighted by atomic mass is 35.5. The number of anilines is 1. The maximum Gasteiger partial charge on any atom is 0.270 e. The van der Waals surface area contributed by atoms with E-state index in [0.29, 0.717) is 16.8 Å². The van der Waals surface area contributed by atoms with Crippen molar-refractivity contribution in [3.05, 3.63) is 63.2 Å². The summed E-state index contributed by atoms with van der Waals surface area (Å²) in [4.78, 5) is 21.9. The molecule has 1 atom stereocenters. The summed E-state index contributed by atoms with van der Waals surface area (Å²) in [6, 6.07) is 7.09. The van der Waals surface area contributed by atoms with Crippen molar-refractivity contribution in [2.75, 3.05) is 4.31 Å². The molecule has 2 rings (SSSR count). The summed E-state index contributed by atoms with van der Waals surface area (Å²) in [6.45, 7) is 6.72. The van der Waals surface area contributed by atoms with Crippen LogP contribution in [0, 0.1) is 30.9 Å². The molecule has 0 radical (unpaired) electrons. The first-order valence-electron chi connectivity index (χ1n) is 8.03. The quantitative estimate of drug-likeness (QED) is 0.409. The van der Waals surface area contributed by atoms with Crippen molar-refractivity contribution in [1.82, 2.24) is 0 Å². The second-order valence-corrected chi connectivity index (χ2v) is 8.47. The molecule has 0 bridgehead atoms. The lowest BCUT2D eigenvalue weighted by atomic mass is 10.0. The number of nitro benzene ring substituents is 1. The van der Waals surface area contributed by atoms with Crippen LogP contribution in [-0.4, -0.2) is 24.6 Å². The lowest BCUT2D eigenvalue weighted by molar-refractivity contribution is -0.385. The van der Waals surface area contributed by atoms with Gasteiger partial charge in [-0.1, -0.05) is 23.8 Å². The SMILES string of the molecule is Cc1cc(C)c(N(C(C)C(=O)Cl)S(=O)(=O)c2cccc([N+](=O)[O-])c2)c(C)c1. The van der Waals surface area contributed by atoms with Gasteiger partial charge in [0.1, 0.15) is 6.04 Å². The maximum atomic E-state index is 13.3. The largest absolute Gasteiger partial charge is 0.279 e. The molecular formula is C18H19ClN2O5S. The summed E-state index contributed by atoms with van der Waals surface area (Å²) < 4.78 is 27.6. The highest BCUT2D eigenvalue weighted by molar-refractivity contribution is 7.93. The number of nitro groups is 1. The second-order valence-electron chi connectivity index (χ2n) is 6.28. The van der Waals surface area contributed by atoms with Crippen LogP contribution in [0.15, 0.2) is 41.3 Å². The van der Waals surface area contributed by atoms with E-state index in [4.69, 9.17) is 11.6 Å². The third-order valence-electron chi connectivity index (χ3n) is 4.12. The number of aryl methyl sites for hydroxylation is 3. The zero-order chi connectivity index (χ0) is 20.5. The van der Waals surface area contributed by atoms with E-state index in [1.54, 1.807) is 26.0 Å². The Morgan fingerprint density at radius 3 is 2.19 bits per heavy atom. The molecular weight excluding hydrogens is 392 g/mol. The van der Waals surface area contributed by atoms with Crippen LogP contribution in [0.4, 0.5) is 11.4 Å². The number of hydrogen-bond donors (Lipinski definition) is 0. The van der Waals surface area contributed by atoms with Crippen molar-refractivity contribution in [2.45, 2.75) is 38.6 Å². The molecule has 9 heteroatoms. The number of carbonyl (C=O) groups is 1. The summed E-state index contributed by atoms with van der Waals surface area (Å²) in [5, 5.41) is 10.2. The van der Waals surface area contributed by atoms with Gasteiger partial charge in [0.05, 0.1) is 15.5 Å². The number of rotatable bonds is 6. The van der Waals surface area contributed by atoms with Crippen LogP contribution in [0.3, 0.4) is 0 Å². The fourth-order valence-electron chi connectivity index (χ4n) is 3.01. The van der Waals surface area contributed by atoms with Gasteiger partial charge >= 0.3 is 0 Å². The van der Waals surface area contributed by atoms with Crippen LogP contribution in [0.5, 0.6) is 0 Å². The Hall–Kier alpha value is -2.45. The Labute approximate surface area is 162 Å². The van der Waals surface area contributed by atoms with Crippen molar-refractivity contribution < 1.29 is 18.1 Å². The summed E-state index contributed by atoms with van der Waals surface area (Å²) in [5.41, 5.74) is 2.19. The predicted molar refractivity (Wildman–Crippen MR) is 104 cm³/mol. The van der Waals surface area contributed by atoms with Gasteiger partial charge in [-0.25, -0.2) is 8.42 Å². The number of hydrogen-bond acceptors (Lipinski definition) is 5. The molecule has 0 aliphatic rings. The summed E-state index contributed by atoms with van der Waals surface area (Å²) >= 11 is 5.63. The smallest absolute Gasteiger partial charge is 0.270 e. The molecule has 0 aromatic heterocycles. The Bertz CT molecular complexity index is 997. The Morgan fingerprint density at radius 2 is 1.70 bits per heavy atom. The molecule has 1 unspecified atom stereocenters. The molecule has 7 nitrogen and oxygen atoms in total. The van der Waals surface area contributed by atoms with Crippen LogP contribution in [0.25, 0.3) is 0 Å². The Balaban J connectivity index is 2.77. The number of nitrogens with zero attached hydrogens (tertiary/aromatic N) is 2. The maximum absolute atomic E-state index is 13.3. The average molecular weight is 411 g/mol. The zero-order valence-electron chi connectivity index (χ0n) is 15.3. The van der Waals surface area contributed by atoms with E-state index < -0.39 is 26.2 Å². The van der Waals surface area contributed by atoms with E-state index in [-0.39, 0.29) is 10.6 Å². The summed E-state index contributed by atoms with van der Waals surface area (Å²) in [7, 11) is -4.29. The molecule has 0 aliphatic carbocycles. The number of halogens is 1. The van der Waals surface area contributed by atoms with Crippen LogP contribution < -0.4 is 4.31 Å². The standard InChI is InChI=1S/C18H19ClN2O5S/c1-11-8-12(2)17(13(3)9-11)20(14(4)18(19)22)27(25,26)16-7-5-6-15(10-16)21(23)24/h5-10,14H,1-4H3. The molecule has 0 heterocycles. The first-order valence-corrected chi connectivity index (χ1v) is 9.84. The zero-order valence-corrected chi connectivity index (χ0v) is 16.8. The summed E-state index contributed by atoms with van der Waals surface area (Å²) in [6.07, 6.45) is 0. The van der Waals surface area contributed by atoms with Crippen molar-refractivity contribution in [3.63, 3.8) is 0 Å². The molecule has 0 fully saturated rings. The number of non-ortho nitro benzene ring substituents is 1. The number of benzene rings is 2. The Morgan fingerprint density at radius 1 is 1.15 bits per heavy atom. The molecule has 0 saturated carbocycles. The first kappa shape index (κ1) is 20.9. The monoisotopic (exact) mass is 410 g/mol. The topological polar surface area (TPSA) is 97.6 Å². The lowest BCUT2D eigenvalue weighted by Crippen LogP contribution is -2.42. The molecule has 0 amide bonds. The molecule has 27 heavy (non-hydrogen) atoms. The first-order chi connectivity index (χ1) is 12.5. The van der Waals surface area contributed by atoms with Gasteiger partial charge in [-0.05, 0) is 56.5 Å². The van der Waals surface area contributed by atoms with E-state index >= 15 is 0 Å². The van der Waals surface area contributed by atoms with Gasteiger partial charge in [-0.15, -0.1) is 0 Å². The van der Waals surface area contributed by atoms with Crippen LogP contribution in [0.2, 0.25) is 0 Å². The minimum absolute atomic E-state index is 0.291. The molecule has 2 aromatic rings. The molecule has 0 saturated heterocycles. The van der Waals surface area contributed by atoms with E-state index in [9.17, 15) is 23.3 Å². The van der Waals surface area contributed by atoms with Crippen molar-refractivity contribution in [2.24, 2.45) is 0 Å². The average Bonchev–Trinajstić information content (AvgIpc) is 2.57. The minimum Gasteiger partial charge on any atom is -0.279 e. The molecule has 2 aromatic carbocycles. The highest BCUT2D eigenvalue weighted by Crippen LogP contribution is 2.34. The highest BCUT2D eigenvalue weighted by Gasteiger charge is 2.35. The Kier molecular flexibility index (Phi) is 5.91. The van der Waals surface area contributed by atoms with Gasteiger partial charge in [0.15, 0.2) is 0 Å². The molecule has 0 aliphatic heterocycles. The van der Waals surface area contributed by atoms with Gasteiger partial charge in [0.2, 0.25) is 5.24 Å². The van der Waals surface area contributed by atoms with Crippen molar-refractivity contribution in [3.8, 4) is 0 Å². The molecule has 144 valence electrons.